The molecule has 5 heteroatoms. The average Bonchev–Trinajstić information content (AvgIpc) is 2.69. The normalized spacial score (nSPS) is 21.9. The molecule has 2 rings (SSSR count). The van der Waals surface area contributed by atoms with Gasteiger partial charge in [0.05, 0.1) is 5.56 Å². The van der Waals surface area contributed by atoms with E-state index < -0.39 is 11.7 Å². The van der Waals surface area contributed by atoms with Crippen molar-refractivity contribution in [3.8, 4) is 0 Å². The van der Waals surface area contributed by atoms with E-state index in [-0.39, 0.29) is 6.04 Å². The molecule has 2 N–H and O–H groups in total. The van der Waals surface area contributed by atoms with Crippen molar-refractivity contribution in [1.82, 2.24) is 10.9 Å². The van der Waals surface area contributed by atoms with E-state index in [4.69, 9.17) is 0 Å². The van der Waals surface area contributed by atoms with Crippen LogP contribution < -0.4 is 10.9 Å². The zero-order valence-corrected chi connectivity index (χ0v) is 7.93. The summed E-state index contributed by atoms with van der Waals surface area (Å²) in [6.07, 6.45) is -3.36. The standard InChI is InChI=1S/C10H11F3N2/c11-10(12,13)8-3-1-7(2-4-8)9-5-6-14-15-9/h1-4,9,14-15H,5-6H2. The van der Waals surface area contributed by atoms with Crippen molar-refractivity contribution in [3.05, 3.63) is 35.4 Å². The van der Waals surface area contributed by atoms with E-state index >= 15 is 0 Å². The number of benzene rings is 1. The fourth-order valence-corrected chi connectivity index (χ4v) is 1.64. The highest BCUT2D eigenvalue weighted by molar-refractivity contribution is 5.27. The van der Waals surface area contributed by atoms with Gasteiger partial charge in [0.1, 0.15) is 0 Å². The van der Waals surface area contributed by atoms with E-state index in [1.165, 1.54) is 12.1 Å². The number of hydrazine groups is 1. The monoisotopic (exact) mass is 216 g/mol. The molecule has 0 spiro atoms. The third-order valence-corrected chi connectivity index (χ3v) is 2.47. The molecule has 1 aromatic carbocycles. The lowest BCUT2D eigenvalue weighted by atomic mass is 10.0. The fraction of sp³-hybridized carbons (Fsp3) is 0.400. The molecule has 1 aliphatic rings. The minimum Gasteiger partial charge on any atom is -0.257 e. The summed E-state index contributed by atoms with van der Waals surface area (Å²) in [4.78, 5) is 0. The molecule has 0 radical (unpaired) electrons. The van der Waals surface area contributed by atoms with Gasteiger partial charge in [-0.05, 0) is 24.1 Å². The molecule has 2 nitrogen and oxygen atoms in total. The van der Waals surface area contributed by atoms with Crippen molar-refractivity contribution in [2.24, 2.45) is 0 Å². The summed E-state index contributed by atoms with van der Waals surface area (Å²) in [5.74, 6) is 0. The molecule has 1 fully saturated rings. The molecule has 1 atom stereocenters. The van der Waals surface area contributed by atoms with Gasteiger partial charge in [0, 0.05) is 12.6 Å². The van der Waals surface area contributed by atoms with Crippen LogP contribution in [0.2, 0.25) is 0 Å². The minimum absolute atomic E-state index is 0.118. The number of rotatable bonds is 1. The smallest absolute Gasteiger partial charge is 0.257 e. The van der Waals surface area contributed by atoms with Crippen molar-refractivity contribution in [1.29, 1.82) is 0 Å². The highest BCUT2D eigenvalue weighted by atomic mass is 19.4. The summed E-state index contributed by atoms with van der Waals surface area (Å²) < 4.78 is 36.8. The van der Waals surface area contributed by atoms with Gasteiger partial charge < -0.3 is 0 Å². The first-order chi connectivity index (χ1) is 7.07. The number of halogens is 3. The van der Waals surface area contributed by atoms with Crippen molar-refractivity contribution in [2.75, 3.05) is 6.54 Å². The Kier molecular flexibility index (Phi) is 2.67. The maximum absolute atomic E-state index is 12.3. The first-order valence-electron chi connectivity index (χ1n) is 4.73. The third-order valence-electron chi connectivity index (χ3n) is 2.47. The second kappa shape index (κ2) is 3.83. The largest absolute Gasteiger partial charge is 0.416 e. The topological polar surface area (TPSA) is 24.1 Å². The van der Waals surface area contributed by atoms with E-state index in [9.17, 15) is 13.2 Å². The summed E-state index contributed by atoms with van der Waals surface area (Å²) in [7, 11) is 0. The van der Waals surface area contributed by atoms with Crippen molar-refractivity contribution in [3.63, 3.8) is 0 Å². The summed E-state index contributed by atoms with van der Waals surface area (Å²) in [6.45, 7) is 0.839. The molecule has 1 aromatic rings. The van der Waals surface area contributed by atoms with Crippen molar-refractivity contribution < 1.29 is 13.2 Å². The lowest BCUT2D eigenvalue weighted by Gasteiger charge is -2.11. The van der Waals surface area contributed by atoms with Crippen LogP contribution in [0.5, 0.6) is 0 Å². The summed E-state index contributed by atoms with van der Waals surface area (Å²) >= 11 is 0. The molecule has 0 aliphatic carbocycles. The van der Waals surface area contributed by atoms with Gasteiger partial charge in [-0.1, -0.05) is 12.1 Å². The Balaban J connectivity index is 2.16. The average molecular weight is 216 g/mol. The van der Waals surface area contributed by atoms with E-state index in [0.29, 0.717) is 0 Å². The van der Waals surface area contributed by atoms with Crippen LogP contribution in [0.15, 0.2) is 24.3 Å². The molecule has 0 aromatic heterocycles. The molecule has 0 bridgehead atoms. The van der Waals surface area contributed by atoms with Crippen LogP contribution in [-0.4, -0.2) is 6.54 Å². The van der Waals surface area contributed by atoms with Gasteiger partial charge >= 0.3 is 6.18 Å². The maximum atomic E-state index is 12.3. The molecule has 1 heterocycles. The van der Waals surface area contributed by atoms with Gasteiger partial charge in [0.2, 0.25) is 0 Å². The Labute approximate surface area is 85.5 Å². The van der Waals surface area contributed by atoms with E-state index in [1.807, 2.05) is 0 Å². The first kappa shape index (κ1) is 10.4. The quantitative estimate of drug-likeness (QED) is 0.752. The van der Waals surface area contributed by atoms with Gasteiger partial charge in [-0.15, -0.1) is 0 Å². The Bertz CT molecular complexity index is 326. The van der Waals surface area contributed by atoms with Crippen LogP contribution in [0.1, 0.15) is 23.6 Å². The Morgan fingerprint density at radius 3 is 2.27 bits per heavy atom. The number of hydrogen-bond acceptors (Lipinski definition) is 2. The maximum Gasteiger partial charge on any atom is 0.416 e. The molecule has 1 aliphatic heterocycles. The second-order valence-electron chi connectivity index (χ2n) is 3.53. The lowest BCUT2D eigenvalue weighted by Crippen LogP contribution is -2.24. The van der Waals surface area contributed by atoms with Gasteiger partial charge in [0.25, 0.3) is 0 Å². The Hall–Kier alpha value is -1.07. The fourth-order valence-electron chi connectivity index (χ4n) is 1.64. The van der Waals surface area contributed by atoms with E-state index in [2.05, 4.69) is 10.9 Å². The molecule has 0 amide bonds. The number of alkyl halides is 3. The Morgan fingerprint density at radius 1 is 1.13 bits per heavy atom. The van der Waals surface area contributed by atoms with Crippen LogP contribution in [0.25, 0.3) is 0 Å². The van der Waals surface area contributed by atoms with Crippen molar-refractivity contribution in [2.45, 2.75) is 18.6 Å². The summed E-state index contributed by atoms with van der Waals surface area (Å²) in [6, 6.07) is 5.40. The lowest BCUT2D eigenvalue weighted by molar-refractivity contribution is -0.137. The SMILES string of the molecule is FC(F)(F)c1ccc(C2CCNN2)cc1. The first-order valence-corrected chi connectivity index (χ1v) is 4.73. The van der Waals surface area contributed by atoms with Crippen molar-refractivity contribution >= 4 is 0 Å². The molecular formula is C10H11F3N2. The number of nitrogens with one attached hydrogen (secondary N) is 2. The Morgan fingerprint density at radius 2 is 1.80 bits per heavy atom. The second-order valence-corrected chi connectivity index (χ2v) is 3.53. The minimum atomic E-state index is -4.25. The van der Waals surface area contributed by atoms with Crippen LogP contribution in [-0.2, 0) is 6.18 Å². The predicted octanol–water partition coefficient (Wildman–Crippen LogP) is 2.24. The van der Waals surface area contributed by atoms with Gasteiger partial charge in [0.15, 0.2) is 0 Å². The van der Waals surface area contributed by atoms with Crippen LogP contribution in [0, 0.1) is 0 Å². The van der Waals surface area contributed by atoms with Crippen LogP contribution in [0.4, 0.5) is 13.2 Å². The molecule has 1 unspecified atom stereocenters. The molecular weight excluding hydrogens is 205 g/mol. The highest BCUT2D eigenvalue weighted by Crippen LogP contribution is 2.30. The van der Waals surface area contributed by atoms with Gasteiger partial charge in [-0.3, -0.25) is 10.9 Å². The highest BCUT2D eigenvalue weighted by Gasteiger charge is 2.30. The zero-order valence-electron chi connectivity index (χ0n) is 7.93. The predicted molar refractivity (Wildman–Crippen MR) is 49.9 cm³/mol. The number of hydrogen-bond donors (Lipinski definition) is 2. The van der Waals surface area contributed by atoms with E-state index in [1.54, 1.807) is 0 Å². The van der Waals surface area contributed by atoms with Crippen LogP contribution >= 0.6 is 0 Å². The molecule has 0 saturated carbocycles. The van der Waals surface area contributed by atoms with Crippen LogP contribution in [0.3, 0.4) is 0 Å². The molecule has 82 valence electrons. The van der Waals surface area contributed by atoms with Gasteiger partial charge in [-0.25, -0.2) is 0 Å². The third kappa shape index (κ3) is 2.30. The molecule has 1 saturated heterocycles. The summed E-state index contributed by atoms with van der Waals surface area (Å²) in [5, 5.41) is 0. The zero-order chi connectivity index (χ0) is 10.9. The van der Waals surface area contributed by atoms with Gasteiger partial charge in [-0.2, -0.15) is 13.2 Å². The summed E-state index contributed by atoms with van der Waals surface area (Å²) in [5.41, 5.74) is 6.23. The molecule has 15 heavy (non-hydrogen) atoms. The van der Waals surface area contributed by atoms with E-state index in [0.717, 1.165) is 30.7 Å².